The summed E-state index contributed by atoms with van der Waals surface area (Å²) in [7, 11) is 0. The van der Waals surface area contributed by atoms with E-state index < -0.39 is 0 Å². The van der Waals surface area contributed by atoms with E-state index in [0.29, 0.717) is 29.0 Å². The molecule has 3 aromatic rings. The number of carbonyl (C=O) groups excluding carboxylic acids is 1. The molecule has 1 aliphatic heterocycles. The highest BCUT2D eigenvalue weighted by molar-refractivity contribution is 7.21. The third-order valence-corrected chi connectivity index (χ3v) is 6.71. The molecule has 4 nitrogen and oxygen atoms in total. The normalized spacial score (nSPS) is 16.8. The maximum Gasteiger partial charge on any atom is 0.265 e. The number of fused-ring (bicyclic) bond motifs is 1. The highest BCUT2D eigenvalue weighted by atomic mass is 35.5. The van der Waals surface area contributed by atoms with Gasteiger partial charge in [0.25, 0.3) is 5.91 Å². The van der Waals surface area contributed by atoms with Gasteiger partial charge in [-0.1, -0.05) is 35.9 Å². The van der Waals surface area contributed by atoms with E-state index in [1.807, 2.05) is 41.4 Å². The van der Waals surface area contributed by atoms with Gasteiger partial charge in [0.2, 0.25) is 0 Å². The number of rotatable bonds is 3. The van der Waals surface area contributed by atoms with E-state index in [1.165, 1.54) is 16.9 Å². The molecule has 4 rings (SSSR count). The average Bonchev–Trinajstić information content (AvgIpc) is 3.04. The van der Waals surface area contributed by atoms with Crippen LogP contribution in [0.2, 0.25) is 5.02 Å². The van der Waals surface area contributed by atoms with Crippen LogP contribution in [-0.2, 0) is 0 Å². The van der Waals surface area contributed by atoms with Gasteiger partial charge >= 0.3 is 0 Å². The Bertz CT molecular complexity index is 919. The molecular weight excluding hydrogens is 366 g/mol. The van der Waals surface area contributed by atoms with Gasteiger partial charge in [-0.25, -0.2) is 0 Å². The van der Waals surface area contributed by atoms with Gasteiger partial charge in [-0.05, 0) is 24.6 Å². The van der Waals surface area contributed by atoms with Gasteiger partial charge in [0.05, 0.1) is 5.02 Å². The van der Waals surface area contributed by atoms with Crippen molar-refractivity contribution in [2.75, 3.05) is 26.2 Å². The number of benzene rings is 1. The molecule has 0 spiro atoms. The SMILES string of the molecule is CC(c1cccnc1)N1CCN(C(=O)c2sc3ccccc3c2Cl)CC1. The molecule has 0 saturated carbocycles. The second-order valence-electron chi connectivity index (χ2n) is 6.53. The fourth-order valence-corrected chi connectivity index (χ4v) is 4.92. The molecule has 26 heavy (non-hydrogen) atoms. The van der Waals surface area contributed by atoms with Gasteiger partial charge in [0, 0.05) is 54.7 Å². The fourth-order valence-electron chi connectivity index (χ4n) is 3.44. The minimum Gasteiger partial charge on any atom is -0.335 e. The van der Waals surface area contributed by atoms with Crippen molar-refractivity contribution in [1.82, 2.24) is 14.8 Å². The topological polar surface area (TPSA) is 36.4 Å². The number of amides is 1. The summed E-state index contributed by atoms with van der Waals surface area (Å²) in [5, 5.41) is 1.55. The largest absolute Gasteiger partial charge is 0.335 e. The van der Waals surface area contributed by atoms with Crippen LogP contribution >= 0.6 is 22.9 Å². The lowest BCUT2D eigenvalue weighted by Gasteiger charge is -2.38. The first-order valence-electron chi connectivity index (χ1n) is 8.75. The molecule has 1 aliphatic rings. The summed E-state index contributed by atoms with van der Waals surface area (Å²) in [6, 6.07) is 12.3. The van der Waals surface area contributed by atoms with Gasteiger partial charge in [-0.2, -0.15) is 0 Å². The van der Waals surface area contributed by atoms with Crippen molar-refractivity contribution in [2.45, 2.75) is 13.0 Å². The number of nitrogens with zero attached hydrogens (tertiary/aromatic N) is 3. The third kappa shape index (κ3) is 3.22. The molecule has 1 amide bonds. The predicted octanol–water partition coefficient (Wildman–Crippen LogP) is 4.47. The van der Waals surface area contributed by atoms with E-state index in [-0.39, 0.29) is 5.91 Å². The second kappa shape index (κ2) is 7.35. The van der Waals surface area contributed by atoms with Crippen LogP contribution in [0.3, 0.4) is 0 Å². The van der Waals surface area contributed by atoms with Crippen LogP contribution in [0, 0.1) is 0 Å². The number of pyridine rings is 1. The standard InChI is InChI=1S/C20H20ClN3OS/c1-14(15-5-4-8-22-13-15)23-9-11-24(12-10-23)20(25)19-18(21)16-6-2-3-7-17(16)26-19/h2-8,13-14H,9-12H2,1H3. The molecule has 1 aromatic carbocycles. The molecule has 1 atom stereocenters. The number of thiophene rings is 1. The number of piperazine rings is 1. The third-order valence-electron chi connectivity index (χ3n) is 5.05. The molecule has 0 bridgehead atoms. The highest BCUT2D eigenvalue weighted by Gasteiger charge is 2.28. The lowest BCUT2D eigenvalue weighted by Crippen LogP contribution is -2.49. The van der Waals surface area contributed by atoms with E-state index in [1.54, 1.807) is 6.20 Å². The van der Waals surface area contributed by atoms with Crippen LogP contribution in [0.1, 0.15) is 28.2 Å². The van der Waals surface area contributed by atoms with Crippen LogP contribution in [0.5, 0.6) is 0 Å². The first kappa shape index (κ1) is 17.5. The Balaban J connectivity index is 1.46. The summed E-state index contributed by atoms with van der Waals surface area (Å²) in [6.07, 6.45) is 3.71. The second-order valence-corrected chi connectivity index (χ2v) is 7.96. The van der Waals surface area contributed by atoms with Gasteiger partial charge < -0.3 is 4.90 Å². The fraction of sp³-hybridized carbons (Fsp3) is 0.300. The zero-order valence-corrected chi connectivity index (χ0v) is 16.1. The van der Waals surface area contributed by atoms with Crippen LogP contribution in [0.4, 0.5) is 0 Å². The Kier molecular flexibility index (Phi) is 4.94. The average molecular weight is 386 g/mol. The molecule has 1 unspecified atom stereocenters. The summed E-state index contributed by atoms with van der Waals surface area (Å²) in [6.45, 7) is 5.33. The van der Waals surface area contributed by atoms with Gasteiger partial charge in [0.15, 0.2) is 0 Å². The van der Waals surface area contributed by atoms with Crippen molar-refractivity contribution in [3.05, 3.63) is 64.3 Å². The van der Waals surface area contributed by atoms with Crippen molar-refractivity contribution in [2.24, 2.45) is 0 Å². The zero-order chi connectivity index (χ0) is 18.1. The maximum absolute atomic E-state index is 13.0. The first-order valence-corrected chi connectivity index (χ1v) is 9.95. The summed E-state index contributed by atoms with van der Waals surface area (Å²) < 4.78 is 1.06. The molecule has 0 N–H and O–H groups in total. The Labute approximate surface area is 162 Å². The quantitative estimate of drug-likeness (QED) is 0.667. The molecule has 1 saturated heterocycles. The summed E-state index contributed by atoms with van der Waals surface area (Å²) in [5.74, 6) is 0.0462. The monoisotopic (exact) mass is 385 g/mol. The molecule has 0 radical (unpaired) electrons. The smallest absolute Gasteiger partial charge is 0.265 e. The van der Waals surface area contributed by atoms with Crippen LogP contribution in [0.25, 0.3) is 10.1 Å². The molecule has 3 heterocycles. The van der Waals surface area contributed by atoms with Crippen molar-refractivity contribution < 1.29 is 4.79 Å². The minimum atomic E-state index is 0.0462. The number of hydrogen-bond donors (Lipinski definition) is 0. The minimum absolute atomic E-state index is 0.0462. The highest BCUT2D eigenvalue weighted by Crippen LogP contribution is 2.36. The lowest BCUT2D eigenvalue weighted by molar-refractivity contribution is 0.0586. The number of aromatic nitrogens is 1. The van der Waals surface area contributed by atoms with Crippen molar-refractivity contribution in [3.8, 4) is 0 Å². The summed E-state index contributed by atoms with van der Waals surface area (Å²) >= 11 is 7.96. The maximum atomic E-state index is 13.0. The van der Waals surface area contributed by atoms with Crippen LogP contribution < -0.4 is 0 Å². The zero-order valence-electron chi connectivity index (χ0n) is 14.6. The summed E-state index contributed by atoms with van der Waals surface area (Å²) in [4.78, 5) is 22.1. The van der Waals surface area contributed by atoms with E-state index in [9.17, 15) is 4.79 Å². The van der Waals surface area contributed by atoms with Crippen molar-refractivity contribution >= 4 is 38.9 Å². The van der Waals surface area contributed by atoms with Gasteiger partial charge in [0.1, 0.15) is 4.88 Å². The van der Waals surface area contributed by atoms with E-state index in [4.69, 9.17) is 11.6 Å². The molecule has 134 valence electrons. The summed E-state index contributed by atoms with van der Waals surface area (Å²) in [5.41, 5.74) is 1.21. The molecular formula is C20H20ClN3OS. The van der Waals surface area contributed by atoms with Crippen molar-refractivity contribution in [3.63, 3.8) is 0 Å². The molecule has 6 heteroatoms. The van der Waals surface area contributed by atoms with Crippen LogP contribution in [-0.4, -0.2) is 46.9 Å². The molecule has 1 fully saturated rings. The van der Waals surface area contributed by atoms with Crippen LogP contribution in [0.15, 0.2) is 48.8 Å². The molecule has 2 aromatic heterocycles. The van der Waals surface area contributed by atoms with Crippen molar-refractivity contribution in [1.29, 1.82) is 0 Å². The lowest BCUT2D eigenvalue weighted by atomic mass is 10.1. The van der Waals surface area contributed by atoms with Gasteiger partial charge in [-0.15, -0.1) is 11.3 Å². The number of carbonyl (C=O) groups is 1. The Hall–Kier alpha value is -1.95. The van der Waals surface area contributed by atoms with E-state index in [2.05, 4.69) is 22.9 Å². The van der Waals surface area contributed by atoms with E-state index >= 15 is 0 Å². The number of hydrogen-bond acceptors (Lipinski definition) is 4. The van der Waals surface area contributed by atoms with E-state index in [0.717, 1.165) is 23.2 Å². The Morgan fingerprint density at radius 1 is 1.15 bits per heavy atom. The Morgan fingerprint density at radius 2 is 1.92 bits per heavy atom. The van der Waals surface area contributed by atoms with Gasteiger partial charge in [-0.3, -0.25) is 14.7 Å². The first-order chi connectivity index (χ1) is 12.6. The Morgan fingerprint density at radius 3 is 2.62 bits per heavy atom. The number of halogens is 1. The predicted molar refractivity (Wildman–Crippen MR) is 107 cm³/mol. The molecule has 0 aliphatic carbocycles.